The Morgan fingerprint density at radius 2 is 1.85 bits per heavy atom. The van der Waals surface area contributed by atoms with Crippen LogP contribution in [-0.4, -0.2) is 28.7 Å². The number of rotatable bonds is 4. The fourth-order valence-corrected chi connectivity index (χ4v) is 3.78. The Bertz CT molecular complexity index is 943. The van der Waals surface area contributed by atoms with Gasteiger partial charge in [0.15, 0.2) is 5.78 Å². The minimum absolute atomic E-state index is 0.132. The standard InChI is InChI=1S/C21H22FN3O/c1-15(26)18-12-17(22)13-19-20(18)21(24-10-6-3-7-11-24)25(23-19)14-16-8-4-2-5-9-16/h2,4-5,8-9,12-13H,3,6-7,10-11,14H2,1H3. The van der Waals surface area contributed by atoms with Crippen molar-refractivity contribution in [1.82, 2.24) is 9.78 Å². The number of hydrogen-bond acceptors (Lipinski definition) is 3. The van der Waals surface area contributed by atoms with Crippen LogP contribution in [0.25, 0.3) is 10.9 Å². The van der Waals surface area contributed by atoms with E-state index < -0.39 is 5.82 Å². The highest BCUT2D eigenvalue weighted by atomic mass is 19.1. The van der Waals surface area contributed by atoms with Crippen LogP contribution >= 0.6 is 0 Å². The molecule has 1 aliphatic heterocycles. The van der Waals surface area contributed by atoms with Gasteiger partial charge in [0.25, 0.3) is 0 Å². The third-order valence-electron chi connectivity index (χ3n) is 4.99. The number of piperidine rings is 1. The van der Waals surface area contributed by atoms with Crippen LogP contribution in [-0.2, 0) is 6.54 Å². The summed E-state index contributed by atoms with van der Waals surface area (Å²) >= 11 is 0. The minimum Gasteiger partial charge on any atom is -0.356 e. The lowest BCUT2D eigenvalue weighted by Gasteiger charge is -2.29. The second kappa shape index (κ2) is 6.90. The van der Waals surface area contributed by atoms with Crippen molar-refractivity contribution in [2.45, 2.75) is 32.7 Å². The van der Waals surface area contributed by atoms with E-state index >= 15 is 0 Å². The molecule has 1 aliphatic rings. The molecule has 26 heavy (non-hydrogen) atoms. The summed E-state index contributed by atoms with van der Waals surface area (Å²) in [6, 6.07) is 12.9. The van der Waals surface area contributed by atoms with Gasteiger partial charge in [-0.15, -0.1) is 0 Å². The average molecular weight is 351 g/mol. The lowest BCUT2D eigenvalue weighted by Crippen LogP contribution is -2.32. The lowest BCUT2D eigenvalue weighted by molar-refractivity contribution is 0.101. The number of fused-ring (bicyclic) bond motifs is 1. The van der Waals surface area contributed by atoms with Crippen molar-refractivity contribution in [2.24, 2.45) is 0 Å². The van der Waals surface area contributed by atoms with E-state index in [1.54, 1.807) is 0 Å². The van der Waals surface area contributed by atoms with Crippen LogP contribution in [0.3, 0.4) is 0 Å². The van der Waals surface area contributed by atoms with Gasteiger partial charge < -0.3 is 4.90 Å². The summed E-state index contributed by atoms with van der Waals surface area (Å²) in [4.78, 5) is 14.5. The molecule has 0 aliphatic carbocycles. The van der Waals surface area contributed by atoms with Gasteiger partial charge in [0.05, 0.1) is 17.4 Å². The van der Waals surface area contributed by atoms with Crippen molar-refractivity contribution in [3.05, 3.63) is 59.4 Å². The average Bonchev–Trinajstić information content (AvgIpc) is 2.99. The van der Waals surface area contributed by atoms with Crippen molar-refractivity contribution in [1.29, 1.82) is 0 Å². The highest BCUT2D eigenvalue weighted by molar-refractivity contribution is 6.10. The molecule has 1 saturated heterocycles. The van der Waals surface area contributed by atoms with Crippen molar-refractivity contribution in [2.75, 3.05) is 18.0 Å². The first kappa shape index (κ1) is 16.8. The Labute approximate surface area is 152 Å². The number of Topliss-reactive ketones (excluding diaryl/α,β-unsaturated/α-hetero) is 1. The summed E-state index contributed by atoms with van der Waals surface area (Å²) < 4.78 is 16.0. The Morgan fingerprint density at radius 3 is 2.54 bits per heavy atom. The van der Waals surface area contributed by atoms with E-state index in [1.165, 1.54) is 25.5 Å². The normalized spacial score (nSPS) is 14.8. The molecule has 0 bridgehead atoms. The molecule has 0 N–H and O–H groups in total. The molecule has 1 fully saturated rings. The predicted octanol–water partition coefficient (Wildman–Crippen LogP) is 4.42. The van der Waals surface area contributed by atoms with E-state index in [1.807, 2.05) is 22.9 Å². The number of carbonyl (C=O) groups is 1. The molecule has 0 atom stereocenters. The maximum absolute atomic E-state index is 14.1. The Balaban J connectivity index is 1.92. The van der Waals surface area contributed by atoms with E-state index in [-0.39, 0.29) is 5.78 Å². The molecule has 2 aromatic carbocycles. The summed E-state index contributed by atoms with van der Waals surface area (Å²) in [5.41, 5.74) is 2.09. The van der Waals surface area contributed by atoms with Crippen LogP contribution in [0, 0.1) is 5.82 Å². The van der Waals surface area contributed by atoms with Gasteiger partial charge in [0, 0.05) is 24.7 Å². The van der Waals surface area contributed by atoms with E-state index in [4.69, 9.17) is 0 Å². The second-order valence-electron chi connectivity index (χ2n) is 6.92. The monoisotopic (exact) mass is 351 g/mol. The summed E-state index contributed by atoms with van der Waals surface area (Å²) in [5, 5.41) is 5.44. The van der Waals surface area contributed by atoms with Crippen LogP contribution in [0.1, 0.15) is 42.1 Å². The first-order chi connectivity index (χ1) is 12.6. The highest BCUT2D eigenvalue weighted by Crippen LogP contribution is 2.33. The zero-order chi connectivity index (χ0) is 18.1. The maximum Gasteiger partial charge on any atom is 0.160 e. The molecule has 1 aromatic heterocycles. The largest absolute Gasteiger partial charge is 0.356 e. The molecular weight excluding hydrogens is 329 g/mol. The molecule has 3 aromatic rings. The third-order valence-corrected chi connectivity index (χ3v) is 4.99. The lowest BCUT2D eigenvalue weighted by atomic mass is 10.0. The molecule has 0 saturated carbocycles. The number of aromatic nitrogens is 2. The quantitative estimate of drug-likeness (QED) is 0.653. The first-order valence-electron chi connectivity index (χ1n) is 9.13. The number of carbonyl (C=O) groups excluding carboxylic acids is 1. The van der Waals surface area contributed by atoms with Crippen LogP contribution in [0.4, 0.5) is 10.2 Å². The van der Waals surface area contributed by atoms with E-state index in [0.717, 1.165) is 42.7 Å². The smallest absolute Gasteiger partial charge is 0.160 e. The van der Waals surface area contributed by atoms with Crippen LogP contribution in [0.15, 0.2) is 42.5 Å². The van der Waals surface area contributed by atoms with Crippen molar-refractivity contribution >= 4 is 22.5 Å². The molecule has 0 radical (unpaired) electrons. The first-order valence-corrected chi connectivity index (χ1v) is 9.13. The molecule has 0 unspecified atom stereocenters. The Hall–Kier alpha value is -2.69. The predicted molar refractivity (Wildman–Crippen MR) is 101 cm³/mol. The van der Waals surface area contributed by atoms with Gasteiger partial charge in [-0.2, -0.15) is 5.10 Å². The molecule has 4 rings (SSSR count). The highest BCUT2D eigenvalue weighted by Gasteiger charge is 2.24. The van der Waals surface area contributed by atoms with Crippen LogP contribution in [0.2, 0.25) is 0 Å². The molecule has 0 spiro atoms. The molecule has 0 amide bonds. The number of nitrogens with zero attached hydrogens (tertiary/aromatic N) is 3. The topological polar surface area (TPSA) is 38.1 Å². The Kier molecular flexibility index (Phi) is 4.45. The fraction of sp³-hybridized carbons (Fsp3) is 0.333. The van der Waals surface area contributed by atoms with Gasteiger partial charge in [0.1, 0.15) is 11.6 Å². The third kappa shape index (κ3) is 3.09. The summed E-state index contributed by atoms with van der Waals surface area (Å²) in [6.07, 6.45) is 3.46. The zero-order valence-corrected chi connectivity index (χ0v) is 14.9. The SMILES string of the molecule is CC(=O)c1cc(F)cc2nn(Cc3ccccc3)c(N3CCCCC3)c12. The van der Waals surface area contributed by atoms with Gasteiger partial charge in [-0.1, -0.05) is 30.3 Å². The van der Waals surface area contributed by atoms with Crippen molar-refractivity contribution < 1.29 is 9.18 Å². The van der Waals surface area contributed by atoms with Gasteiger partial charge in [-0.25, -0.2) is 9.07 Å². The maximum atomic E-state index is 14.1. The molecular formula is C21H22FN3O. The molecule has 4 nitrogen and oxygen atoms in total. The summed E-state index contributed by atoms with van der Waals surface area (Å²) in [7, 11) is 0. The van der Waals surface area contributed by atoms with Gasteiger partial charge in [0.2, 0.25) is 0 Å². The number of halogens is 1. The van der Waals surface area contributed by atoms with E-state index in [9.17, 15) is 9.18 Å². The van der Waals surface area contributed by atoms with Crippen molar-refractivity contribution in [3.8, 4) is 0 Å². The fourth-order valence-electron chi connectivity index (χ4n) is 3.78. The molecule has 2 heterocycles. The number of anilines is 1. The number of hydrogen-bond donors (Lipinski definition) is 0. The van der Waals surface area contributed by atoms with Crippen molar-refractivity contribution in [3.63, 3.8) is 0 Å². The van der Waals surface area contributed by atoms with Crippen LogP contribution < -0.4 is 4.90 Å². The summed E-state index contributed by atoms with van der Waals surface area (Å²) in [5.74, 6) is 0.387. The van der Waals surface area contributed by atoms with E-state index in [0.29, 0.717) is 17.6 Å². The molecule has 134 valence electrons. The summed E-state index contributed by atoms with van der Waals surface area (Å²) in [6.45, 7) is 3.96. The van der Waals surface area contributed by atoms with Gasteiger partial charge in [-0.05, 0) is 37.8 Å². The second-order valence-corrected chi connectivity index (χ2v) is 6.92. The minimum atomic E-state index is -0.419. The number of benzene rings is 2. The van der Waals surface area contributed by atoms with E-state index in [2.05, 4.69) is 22.1 Å². The zero-order valence-electron chi connectivity index (χ0n) is 14.9. The van der Waals surface area contributed by atoms with Gasteiger partial charge >= 0.3 is 0 Å². The number of ketones is 1. The van der Waals surface area contributed by atoms with Crippen LogP contribution in [0.5, 0.6) is 0 Å². The molecule has 5 heteroatoms. The Morgan fingerprint density at radius 1 is 1.12 bits per heavy atom. The van der Waals surface area contributed by atoms with Gasteiger partial charge in [-0.3, -0.25) is 4.79 Å².